The Morgan fingerprint density at radius 1 is 1.56 bits per heavy atom. The van der Waals surface area contributed by atoms with Crippen molar-refractivity contribution in [1.29, 1.82) is 0 Å². The van der Waals surface area contributed by atoms with Crippen molar-refractivity contribution in [2.45, 2.75) is 6.04 Å². The molecule has 2 rings (SSSR count). The van der Waals surface area contributed by atoms with Gasteiger partial charge in [-0.2, -0.15) is 0 Å². The smallest absolute Gasteiger partial charge is 0.271 e. The summed E-state index contributed by atoms with van der Waals surface area (Å²) in [6.07, 6.45) is 0. The number of nitro benzene ring substituents is 1. The van der Waals surface area contributed by atoms with Gasteiger partial charge in [0, 0.05) is 24.2 Å². The summed E-state index contributed by atoms with van der Waals surface area (Å²) < 4.78 is 5.59. The van der Waals surface area contributed by atoms with Crippen LogP contribution in [0.1, 0.15) is 11.6 Å². The molecular formula is C10H12BrClN2O4. The Morgan fingerprint density at radius 3 is 2.83 bits per heavy atom. The molecule has 1 aromatic carbocycles. The average molecular weight is 340 g/mol. The van der Waals surface area contributed by atoms with Crippen LogP contribution in [-0.2, 0) is 4.74 Å². The van der Waals surface area contributed by atoms with Gasteiger partial charge in [-0.05, 0) is 15.9 Å². The van der Waals surface area contributed by atoms with Crippen LogP contribution in [0.25, 0.3) is 0 Å². The molecule has 18 heavy (non-hydrogen) atoms. The maximum Gasteiger partial charge on any atom is 0.271 e. The van der Waals surface area contributed by atoms with Crippen LogP contribution in [0.15, 0.2) is 16.6 Å². The largest absolute Gasteiger partial charge is 0.506 e. The van der Waals surface area contributed by atoms with E-state index in [-0.39, 0.29) is 29.9 Å². The number of phenolic OH excluding ortho intramolecular Hbond substituents is 1. The minimum absolute atomic E-state index is 0. The number of halogens is 2. The summed E-state index contributed by atoms with van der Waals surface area (Å²) in [5.41, 5.74) is 0.419. The summed E-state index contributed by atoms with van der Waals surface area (Å²) in [7, 11) is 0. The summed E-state index contributed by atoms with van der Waals surface area (Å²) in [4.78, 5) is 10.3. The number of morpholine rings is 1. The van der Waals surface area contributed by atoms with E-state index >= 15 is 0 Å². The fraction of sp³-hybridized carbons (Fsp3) is 0.400. The van der Waals surface area contributed by atoms with Crippen molar-refractivity contribution >= 4 is 34.0 Å². The minimum atomic E-state index is -0.489. The Labute approximate surface area is 118 Å². The molecule has 1 fully saturated rings. The number of nitrogens with one attached hydrogen (secondary N) is 1. The number of nitro groups is 1. The van der Waals surface area contributed by atoms with Gasteiger partial charge in [-0.1, -0.05) is 0 Å². The van der Waals surface area contributed by atoms with Gasteiger partial charge in [0.05, 0.1) is 28.7 Å². The van der Waals surface area contributed by atoms with Crippen LogP contribution in [0.3, 0.4) is 0 Å². The summed E-state index contributed by atoms with van der Waals surface area (Å²) in [6.45, 7) is 1.65. The van der Waals surface area contributed by atoms with Gasteiger partial charge in [0.1, 0.15) is 5.75 Å². The first-order valence-electron chi connectivity index (χ1n) is 5.07. The second-order valence-electron chi connectivity index (χ2n) is 3.70. The average Bonchev–Trinajstić information content (AvgIpc) is 2.33. The van der Waals surface area contributed by atoms with Gasteiger partial charge in [0.15, 0.2) is 0 Å². The number of hydrogen-bond acceptors (Lipinski definition) is 5. The fourth-order valence-corrected chi connectivity index (χ4v) is 2.21. The lowest BCUT2D eigenvalue weighted by Gasteiger charge is -2.24. The van der Waals surface area contributed by atoms with E-state index in [9.17, 15) is 15.2 Å². The van der Waals surface area contributed by atoms with Crippen LogP contribution in [0, 0.1) is 10.1 Å². The van der Waals surface area contributed by atoms with Gasteiger partial charge in [-0.25, -0.2) is 0 Å². The first-order chi connectivity index (χ1) is 8.09. The number of ether oxygens (including phenoxy) is 1. The highest BCUT2D eigenvalue weighted by atomic mass is 79.9. The number of benzene rings is 1. The third-order valence-electron chi connectivity index (χ3n) is 2.59. The molecular weight excluding hydrogens is 327 g/mol. The maximum atomic E-state index is 10.8. The SMILES string of the molecule is Cl.O=[N+]([O-])c1cc(Br)c(O)c([C@@H]2COCCN2)c1. The van der Waals surface area contributed by atoms with Crippen molar-refractivity contribution in [2.24, 2.45) is 0 Å². The van der Waals surface area contributed by atoms with E-state index in [0.29, 0.717) is 29.8 Å². The zero-order valence-corrected chi connectivity index (χ0v) is 11.7. The van der Waals surface area contributed by atoms with E-state index in [1.807, 2.05) is 0 Å². The first-order valence-corrected chi connectivity index (χ1v) is 5.87. The Morgan fingerprint density at radius 2 is 2.28 bits per heavy atom. The summed E-state index contributed by atoms with van der Waals surface area (Å²) in [5.74, 6) is 0.0126. The van der Waals surface area contributed by atoms with Gasteiger partial charge in [0.25, 0.3) is 5.69 Å². The molecule has 0 aromatic heterocycles. The van der Waals surface area contributed by atoms with Gasteiger partial charge in [0.2, 0.25) is 0 Å². The highest BCUT2D eigenvalue weighted by Gasteiger charge is 2.23. The van der Waals surface area contributed by atoms with Gasteiger partial charge in [-0.3, -0.25) is 10.1 Å². The molecule has 8 heteroatoms. The van der Waals surface area contributed by atoms with Crippen LogP contribution in [0.4, 0.5) is 5.69 Å². The number of non-ortho nitro benzene ring substituents is 1. The summed E-state index contributed by atoms with van der Waals surface area (Å²) in [5, 5.41) is 23.8. The number of hydrogen-bond donors (Lipinski definition) is 2. The van der Waals surface area contributed by atoms with E-state index in [0.717, 1.165) is 0 Å². The molecule has 2 N–H and O–H groups in total. The van der Waals surface area contributed by atoms with Crippen LogP contribution in [-0.4, -0.2) is 29.8 Å². The van der Waals surface area contributed by atoms with E-state index in [1.165, 1.54) is 12.1 Å². The molecule has 0 bridgehead atoms. The zero-order valence-electron chi connectivity index (χ0n) is 9.26. The molecule has 1 atom stereocenters. The lowest BCUT2D eigenvalue weighted by atomic mass is 10.0. The van der Waals surface area contributed by atoms with E-state index in [4.69, 9.17) is 4.74 Å². The third kappa shape index (κ3) is 3.11. The zero-order chi connectivity index (χ0) is 12.4. The topological polar surface area (TPSA) is 84.6 Å². The molecule has 0 aliphatic carbocycles. The Hall–Kier alpha value is -0.890. The van der Waals surface area contributed by atoms with Crippen molar-refractivity contribution in [1.82, 2.24) is 5.32 Å². The molecule has 0 amide bonds. The number of phenols is 1. The van der Waals surface area contributed by atoms with Crippen LogP contribution < -0.4 is 5.32 Å². The molecule has 100 valence electrons. The molecule has 1 aliphatic heterocycles. The van der Waals surface area contributed by atoms with Crippen molar-refractivity contribution in [3.63, 3.8) is 0 Å². The van der Waals surface area contributed by atoms with Crippen LogP contribution in [0.5, 0.6) is 5.75 Å². The Kier molecular flexibility index (Phi) is 5.33. The standard InChI is InChI=1S/C10H11BrN2O4.ClH/c11-8-4-6(13(15)16)3-7(10(8)14)9-5-17-2-1-12-9;/h3-4,9,12,14H,1-2,5H2;1H/t9-;/m0./s1. The predicted octanol–water partition coefficient (Wildman–Crippen LogP) is 2.15. The second kappa shape index (κ2) is 6.33. The number of aromatic hydroxyl groups is 1. The Balaban J connectivity index is 0.00000162. The van der Waals surface area contributed by atoms with E-state index < -0.39 is 4.92 Å². The molecule has 0 unspecified atom stereocenters. The molecule has 0 spiro atoms. The number of nitrogens with zero attached hydrogens (tertiary/aromatic N) is 1. The third-order valence-corrected chi connectivity index (χ3v) is 3.19. The predicted molar refractivity (Wildman–Crippen MR) is 71.3 cm³/mol. The second-order valence-corrected chi connectivity index (χ2v) is 4.56. The molecule has 1 aromatic rings. The summed E-state index contributed by atoms with van der Waals surface area (Å²) in [6, 6.07) is 2.43. The van der Waals surface area contributed by atoms with Crippen molar-refractivity contribution in [3.05, 3.63) is 32.3 Å². The van der Waals surface area contributed by atoms with Crippen molar-refractivity contribution < 1.29 is 14.8 Å². The van der Waals surface area contributed by atoms with E-state index in [1.54, 1.807) is 0 Å². The maximum absolute atomic E-state index is 10.8. The highest BCUT2D eigenvalue weighted by Crippen LogP contribution is 2.36. The van der Waals surface area contributed by atoms with Gasteiger partial charge >= 0.3 is 0 Å². The summed E-state index contributed by atoms with van der Waals surface area (Å²) >= 11 is 3.11. The lowest BCUT2D eigenvalue weighted by molar-refractivity contribution is -0.385. The van der Waals surface area contributed by atoms with Crippen molar-refractivity contribution in [3.8, 4) is 5.75 Å². The molecule has 1 saturated heterocycles. The van der Waals surface area contributed by atoms with Crippen LogP contribution >= 0.6 is 28.3 Å². The highest BCUT2D eigenvalue weighted by molar-refractivity contribution is 9.10. The van der Waals surface area contributed by atoms with Crippen LogP contribution in [0.2, 0.25) is 0 Å². The van der Waals surface area contributed by atoms with Gasteiger partial charge < -0.3 is 15.2 Å². The molecule has 1 aliphatic rings. The minimum Gasteiger partial charge on any atom is -0.506 e. The van der Waals surface area contributed by atoms with Crippen molar-refractivity contribution in [2.75, 3.05) is 19.8 Å². The molecule has 0 radical (unpaired) electrons. The fourth-order valence-electron chi connectivity index (χ4n) is 1.74. The molecule has 1 heterocycles. The quantitative estimate of drug-likeness (QED) is 0.637. The molecule has 6 nitrogen and oxygen atoms in total. The lowest BCUT2D eigenvalue weighted by Crippen LogP contribution is -2.34. The van der Waals surface area contributed by atoms with E-state index in [2.05, 4.69) is 21.2 Å². The Bertz CT molecular complexity index is 452. The normalized spacial score (nSPS) is 19.1. The van der Waals surface area contributed by atoms with Gasteiger partial charge in [-0.15, -0.1) is 12.4 Å². The monoisotopic (exact) mass is 338 g/mol. The first kappa shape index (κ1) is 15.2. The number of rotatable bonds is 2. The molecule has 0 saturated carbocycles.